The van der Waals surface area contributed by atoms with Crippen molar-refractivity contribution in [3.05, 3.63) is 11.4 Å². The van der Waals surface area contributed by atoms with Gasteiger partial charge < -0.3 is 10.6 Å². The summed E-state index contributed by atoms with van der Waals surface area (Å²) < 4.78 is 24.6. The van der Waals surface area contributed by atoms with Crippen LogP contribution in [0.4, 0.5) is 11.6 Å². The lowest BCUT2D eigenvalue weighted by Gasteiger charge is -2.35. The minimum absolute atomic E-state index is 0.198. The Morgan fingerprint density at radius 2 is 1.71 bits per heavy atom. The van der Waals surface area contributed by atoms with Gasteiger partial charge >= 0.3 is 0 Å². The number of nitrogens with two attached hydrogens (primary N) is 1. The number of hydrogen-bond donors (Lipinski definition) is 1. The van der Waals surface area contributed by atoms with Gasteiger partial charge in [-0.25, -0.2) is 18.4 Å². The summed E-state index contributed by atoms with van der Waals surface area (Å²) in [6.07, 6.45) is 1.24. The third kappa shape index (κ3) is 3.44. The molecule has 1 aromatic heterocycles. The van der Waals surface area contributed by atoms with Crippen LogP contribution in [0.3, 0.4) is 0 Å². The minimum Gasteiger partial charge on any atom is -0.383 e. The van der Waals surface area contributed by atoms with Crippen molar-refractivity contribution >= 4 is 21.7 Å². The van der Waals surface area contributed by atoms with Crippen LogP contribution in [0, 0.1) is 6.92 Å². The molecule has 1 aliphatic rings. The third-order valence-corrected chi connectivity index (χ3v) is 5.00. The first-order valence-corrected chi connectivity index (χ1v) is 8.89. The molecule has 0 radical (unpaired) electrons. The second-order valence-corrected chi connectivity index (χ2v) is 7.70. The summed E-state index contributed by atoms with van der Waals surface area (Å²) >= 11 is 0. The average molecular weight is 313 g/mol. The number of nitrogen functional groups attached to an aromatic ring is 1. The first kappa shape index (κ1) is 16.0. The fourth-order valence-corrected chi connectivity index (χ4v) is 3.16. The minimum atomic E-state index is -3.12. The number of aromatic nitrogens is 2. The molecule has 2 heterocycles. The summed E-state index contributed by atoms with van der Waals surface area (Å²) in [5.74, 6) is 2.23. The van der Waals surface area contributed by atoms with Crippen LogP contribution >= 0.6 is 0 Å². The van der Waals surface area contributed by atoms with Gasteiger partial charge in [0.15, 0.2) is 0 Å². The maximum Gasteiger partial charge on any atom is 0.211 e. The number of sulfonamides is 1. The number of anilines is 2. The predicted octanol–water partition coefficient (Wildman–Crippen LogP) is 0.572. The monoisotopic (exact) mass is 313 g/mol. The molecule has 0 spiro atoms. The zero-order valence-electron chi connectivity index (χ0n) is 13.0. The fourth-order valence-electron chi connectivity index (χ4n) is 2.34. The summed E-state index contributed by atoms with van der Waals surface area (Å²) in [6.45, 7) is 8.12. The lowest BCUT2D eigenvalue weighted by atomic mass is 10.2. The van der Waals surface area contributed by atoms with Crippen LogP contribution in [0.25, 0.3) is 0 Å². The summed E-state index contributed by atoms with van der Waals surface area (Å²) in [7, 11) is -3.12. The van der Waals surface area contributed by atoms with Crippen LogP contribution in [0.5, 0.6) is 0 Å². The van der Waals surface area contributed by atoms with Gasteiger partial charge in [-0.15, -0.1) is 0 Å². The quantitative estimate of drug-likeness (QED) is 0.877. The van der Waals surface area contributed by atoms with Gasteiger partial charge in [-0.3, -0.25) is 0 Å². The molecule has 0 unspecified atom stereocenters. The second kappa shape index (κ2) is 5.76. The van der Waals surface area contributed by atoms with E-state index in [1.165, 1.54) is 10.6 Å². The Bertz CT molecular complexity index is 622. The zero-order chi connectivity index (χ0) is 15.8. The van der Waals surface area contributed by atoms with Crippen LogP contribution in [-0.4, -0.2) is 55.1 Å². The van der Waals surface area contributed by atoms with Crippen LogP contribution in [0.2, 0.25) is 0 Å². The number of nitrogens with zero attached hydrogens (tertiary/aromatic N) is 4. The highest BCUT2D eigenvalue weighted by Crippen LogP contribution is 2.25. The molecule has 21 heavy (non-hydrogen) atoms. The Kier molecular flexibility index (Phi) is 4.38. The molecular weight excluding hydrogens is 290 g/mol. The van der Waals surface area contributed by atoms with E-state index < -0.39 is 10.0 Å². The van der Waals surface area contributed by atoms with E-state index in [-0.39, 0.29) is 5.92 Å². The lowest BCUT2D eigenvalue weighted by molar-refractivity contribution is 0.386. The van der Waals surface area contributed by atoms with Gasteiger partial charge in [0, 0.05) is 37.7 Å². The topological polar surface area (TPSA) is 92.4 Å². The largest absolute Gasteiger partial charge is 0.383 e. The summed E-state index contributed by atoms with van der Waals surface area (Å²) in [6, 6.07) is 0. The predicted molar refractivity (Wildman–Crippen MR) is 83.9 cm³/mol. The molecule has 1 saturated heterocycles. The van der Waals surface area contributed by atoms with Gasteiger partial charge in [0.05, 0.1) is 6.26 Å². The smallest absolute Gasteiger partial charge is 0.211 e. The molecule has 7 nitrogen and oxygen atoms in total. The Hall–Kier alpha value is -1.41. The van der Waals surface area contributed by atoms with E-state index in [9.17, 15) is 8.42 Å². The van der Waals surface area contributed by atoms with E-state index in [4.69, 9.17) is 5.73 Å². The van der Waals surface area contributed by atoms with Gasteiger partial charge in [-0.2, -0.15) is 4.31 Å². The number of rotatable bonds is 3. The van der Waals surface area contributed by atoms with Crippen LogP contribution in [0.15, 0.2) is 0 Å². The lowest BCUT2D eigenvalue weighted by Crippen LogP contribution is -2.48. The number of piperazine rings is 1. The van der Waals surface area contributed by atoms with Crippen LogP contribution < -0.4 is 10.6 Å². The van der Waals surface area contributed by atoms with Crippen LogP contribution in [-0.2, 0) is 10.0 Å². The van der Waals surface area contributed by atoms with Crippen molar-refractivity contribution in [2.24, 2.45) is 0 Å². The normalized spacial score (nSPS) is 17.5. The maximum atomic E-state index is 11.6. The summed E-state index contributed by atoms with van der Waals surface area (Å²) in [4.78, 5) is 11.0. The average Bonchev–Trinajstić information content (AvgIpc) is 2.40. The molecule has 2 N–H and O–H groups in total. The fraction of sp³-hybridized carbons (Fsp3) is 0.692. The molecule has 1 fully saturated rings. The van der Waals surface area contributed by atoms with E-state index >= 15 is 0 Å². The second-order valence-electron chi connectivity index (χ2n) is 5.72. The van der Waals surface area contributed by atoms with Crippen molar-refractivity contribution in [1.29, 1.82) is 0 Å². The molecular formula is C13H23N5O2S. The molecule has 118 valence electrons. The van der Waals surface area contributed by atoms with Crippen molar-refractivity contribution in [3.8, 4) is 0 Å². The number of hydrogen-bond acceptors (Lipinski definition) is 6. The van der Waals surface area contributed by atoms with E-state index in [2.05, 4.69) is 14.9 Å². The van der Waals surface area contributed by atoms with Gasteiger partial charge in [0.1, 0.15) is 17.5 Å². The third-order valence-electron chi connectivity index (χ3n) is 3.70. The van der Waals surface area contributed by atoms with Gasteiger partial charge in [-0.1, -0.05) is 13.8 Å². The molecule has 8 heteroatoms. The Morgan fingerprint density at radius 3 is 2.19 bits per heavy atom. The molecule has 2 rings (SSSR count). The molecule has 1 aromatic rings. The highest BCUT2D eigenvalue weighted by atomic mass is 32.2. The first-order valence-electron chi connectivity index (χ1n) is 7.04. The SMILES string of the molecule is Cc1c(N)nc(C(C)C)nc1N1CCN(S(C)(=O)=O)CC1. The first-order chi connectivity index (χ1) is 9.70. The molecule has 1 aliphatic heterocycles. The molecule has 0 amide bonds. The van der Waals surface area contributed by atoms with Crippen molar-refractivity contribution < 1.29 is 8.42 Å². The van der Waals surface area contributed by atoms with Crippen molar-refractivity contribution in [3.63, 3.8) is 0 Å². The van der Waals surface area contributed by atoms with E-state index in [0.717, 1.165) is 17.2 Å². The molecule has 0 aliphatic carbocycles. The van der Waals surface area contributed by atoms with Gasteiger partial charge in [0.25, 0.3) is 0 Å². The van der Waals surface area contributed by atoms with Gasteiger partial charge in [0.2, 0.25) is 10.0 Å². The molecule has 0 atom stereocenters. The zero-order valence-corrected chi connectivity index (χ0v) is 13.8. The highest BCUT2D eigenvalue weighted by molar-refractivity contribution is 7.88. The van der Waals surface area contributed by atoms with Crippen molar-refractivity contribution in [2.45, 2.75) is 26.7 Å². The molecule has 0 bridgehead atoms. The Labute approximate surface area is 126 Å². The Balaban J connectivity index is 2.24. The van der Waals surface area contributed by atoms with Crippen molar-refractivity contribution in [1.82, 2.24) is 14.3 Å². The van der Waals surface area contributed by atoms with E-state index in [1.807, 2.05) is 20.8 Å². The van der Waals surface area contributed by atoms with E-state index in [0.29, 0.717) is 32.0 Å². The van der Waals surface area contributed by atoms with E-state index in [1.54, 1.807) is 0 Å². The van der Waals surface area contributed by atoms with Crippen molar-refractivity contribution in [2.75, 3.05) is 43.1 Å². The standard InChI is InChI=1S/C13H23N5O2S/c1-9(2)12-15-11(14)10(3)13(16-12)17-5-7-18(8-6-17)21(4,19)20/h9H,5-8H2,1-4H3,(H2,14,15,16). The highest BCUT2D eigenvalue weighted by Gasteiger charge is 2.26. The van der Waals surface area contributed by atoms with Crippen LogP contribution in [0.1, 0.15) is 31.2 Å². The summed E-state index contributed by atoms with van der Waals surface area (Å²) in [5.41, 5.74) is 6.83. The Morgan fingerprint density at radius 1 is 1.14 bits per heavy atom. The maximum absolute atomic E-state index is 11.6. The molecule has 0 saturated carbocycles. The summed E-state index contributed by atoms with van der Waals surface area (Å²) in [5, 5.41) is 0. The van der Waals surface area contributed by atoms with Gasteiger partial charge in [-0.05, 0) is 6.92 Å². The molecule has 0 aromatic carbocycles.